The van der Waals surface area contributed by atoms with Gasteiger partial charge in [0.05, 0.1) is 21.7 Å². The molecule has 1 unspecified atom stereocenters. The summed E-state index contributed by atoms with van der Waals surface area (Å²) < 4.78 is 55.9. The van der Waals surface area contributed by atoms with Crippen LogP contribution in [-0.2, 0) is 9.71 Å². The molecule has 204 valence electrons. The lowest BCUT2D eigenvalue weighted by atomic mass is 10.0. The summed E-state index contributed by atoms with van der Waals surface area (Å²) >= 11 is 0. The molecule has 0 radical (unpaired) electrons. The molecule has 2 aromatic heterocycles. The van der Waals surface area contributed by atoms with E-state index in [-0.39, 0.29) is 22.6 Å². The lowest BCUT2D eigenvalue weighted by molar-refractivity contribution is 0.115. The normalized spacial score (nSPS) is 16.1. The highest BCUT2D eigenvalue weighted by Gasteiger charge is 2.22. The number of fused-ring (bicyclic) bond motifs is 1. The number of ether oxygens (including phenoxy) is 2. The second-order valence-corrected chi connectivity index (χ2v) is 11.6. The van der Waals surface area contributed by atoms with Gasteiger partial charge in [-0.1, -0.05) is 0 Å². The first kappa shape index (κ1) is 26.8. The summed E-state index contributed by atoms with van der Waals surface area (Å²) in [7, 11) is 0.0885. The number of aromatic nitrogens is 3. The van der Waals surface area contributed by atoms with E-state index in [0.717, 1.165) is 60.2 Å². The van der Waals surface area contributed by atoms with Crippen molar-refractivity contribution in [1.82, 2.24) is 19.9 Å². The molecule has 39 heavy (non-hydrogen) atoms. The van der Waals surface area contributed by atoms with Gasteiger partial charge in [0.25, 0.3) is 0 Å². The number of piperidine rings is 1. The third-order valence-electron chi connectivity index (χ3n) is 6.76. The van der Waals surface area contributed by atoms with E-state index in [1.807, 2.05) is 19.1 Å². The molecule has 1 fully saturated rings. The van der Waals surface area contributed by atoms with Crippen molar-refractivity contribution in [3.8, 4) is 22.8 Å². The molecule has 4 aromatic rings. The monoisotopic (exact) mass is 553 g/mol. The second kappa shape index (κ2) is 10.7. The Morgan fingerprint density at radius 2 is 1.85 bits per heavy atom. The highest BCUT2D eigenvalue weighted by atomic mass is 32.2. The fourth-order valence-electron chi connectivity index (χ4n) is 4.62. The van der Waals surface area contributed by atoms with Crippen LogP contribution in [0.3, 0.4) is 0 Å². The summed E-state index contributed by atoms with van der Waals surface area (Å²) in [4.78, 5) is 15.2. The molecule has 1 aliphatic rings. The third kappa shape index (κ3) is 5.64. The second-order valence-electron chi connectivity index (χ2n) is 9.58. The van der Waals surface area contributed by atoms with E-state index >= 15 is 0 Å². The Kier molecular flexibility index (Phi) is 7.37. The van der Waals surface area contributed by atoms with Crippen molar-refractivity contribution in [3.63, 3.8) is 0 Å². The molecule has 1 saturated heterocycles. The molecular formula is C28H29F2N5O3S. The van der Waals surface area contributed by atoms with E-state index in [4.69, 9.17) is 9.47 Å². The third-order valence-corrected chi connectivity index (χ3v) is 8.36. The minimum absolute atomic E-state index is 0.0580. The van der Waals surface area contributed by atoms with Crippen molar-refractivity contribution >= 4 is 32.2 Å². The van der Waals surface area contributed by atoms with Crippen LogP contribution in [0, 0.1) is 18.6 Å². The first-order valence-electron chi connectivity index (χ1n) is 12.4. The van der Waals surface area contributed by atoms with Gasteiger partial charge in [0, 0.05) is 42.0 Å². The largest absolute Gasteiger partial charge is 0.488 e. The number of methoxy groups -OCH3 is 1. The van der Waals surface area contributed by atoms with Crippen molar-refractivity contribution < 1.29 is 22.5 Å². The van der Waals surface area contributed by atoms with Crippen LogP contribution in [0.4, 0.5) is 14.5 Å². The van der Waals surface area contributed by atoms with Gasteiger partial charge in [-0.25, -0.2) is 27.9 Å². The average molecular weight is 554 g/mol. The van der Waals surface area contributed by atoms with Crippen molar-refractivity contribution in [2.45, 2.75) is 30.8 Å². The number of hydrogen-bond acceptors (Lipinski definition) is 7. The van der Waals surface area contributed by atoms with Gasteiger partial charge in [-0.05, 0) is 68.6 Å². The van der Waals surface area contributed by atoms with Gasteiger partial charge < -0.3 is 19.1 Å². The summed E-state index contributed by atoms with van der Waals surface area (Å²) in [5, 5.41) is 0.831. The Labute approximate surface area is 226 Å². The number of aryl methyl sites for hydroxylation is 1. The molecule has 1 N–H and O–H groups in total. The van der Waals surface area contributed by atoms with Gasteiger partial charge in [0.2, 0.25) is 5.88 Å². The van der Waals surface area contributed by atoms with Crippen LogP contribution < -0.4 is 14.2 Å². The number of halogens is 2. The summed E-state index contributed by atoms with van der Waals surface area (Å²) in [6.45, 7) is 3.81. The zero-order chi connectivity index (χ0) is 27.7. The summed E-state index contributed by atoms with van der Waals surface area (Å²) in [5.41, 5.74) is 3.18. The fraction of sp³-hybridized carbons (Fsp3) is 0.286. The lowest BCUT2D eigenvalue weighted by Crippen LogP contribution is -2.35. The van der Waals surface area contributed by atoms with E-state index in [0.29, 0.717) is 17.4 Å². The molecule has 3 heterocycles. The lowest BCUT2D eigenvalue weighted by Gasteiger charge is -2.29. The number of benzene rings is 2. The minimum Gasteiger partial charge on any atom is -0.488 e. The van der Waals surface area contributed by atoms with Crippen molar-refractivity contribution in [3.05, 3.63) is 66.3 Å². The van der Waals surface area contributed by atoms with Gasteiger partial charge in [0.1, 0.15) is 41.0 Å². The van der Waals surface area contributed by atoms with Gasteiger partial charge in [-0.3, -0.25) is 0 Å². The van der Waals surface area contributed by atoms with Crippen LogP contribution in [0.15, 0.2) is 53.8 Å². The summed E-state index contributed by atoms with van der Waals surface area (Å²) in [6.07, 6.45) is 5.01. The molecular weight excluding hydrogens is 524 g/mol. The number of nitrogens with zero attached hydrogens (tertiary/aromatic N) is 4. The Morgan fingerprint density at radius 1 is 1.08 bits per heavy atom. The van der Waals surface area contributed by atoms with E-state index in [1.165, 1.54) is 13.4 Å². The maximum Gasteiger partial charge on any atom is 0.238 e. The van der Waals surface area contributed by atoms with Crippen LogP contribution >= 0.6 is 0 Å². The first-order chi connectivity index (χ1) is 18.6. The molecule has 1 aliphatic heterocycles. The van der Waals surface area contributed by atoms with Crippen LogP contribution in [0.5, 0.6) is 11.6 Å². The van der Waals surface area contributed by atoms with Gasteiger partial charge in [-0.2, -0.15) is 0 Å². The number of hydrogen-bond donors (Lipinski definition) is 1. The highest BCUT2D eigenvalue weighted by Crippen LogP contribution is 2.36. The summed E-state index contributed by atoms with van der Waals surface area (Å²) in [5.74, 6) is 2.71. The molecule has 11 heteroatoms. The maximum atomic E-state index is 14.4. The number of rotatable bonds is 7. The highest BCUT2D eigenvalue weighted by molar-refractivity contribution is 8.01. The van der Waals surface area contributed by atoms with Gasteiger partial charge >= 0.3 is 0 Å². The summed E-state index contributed by atoms with van der Waals surface area (Å²) in [6, 6.07) is 8.34. The molecule has 0 amide bonds. The Bertz CT molecular complexity index is 1640. The molecule has 1 atom stereocenters. The molecule has 0 saturated carbocycles. The average Bonchev–Trinajstić information content (AvgIpc) is 2.90. The number of pyridine rings is 1. The zero-order valence-electron chi connectivity index (χ0n) is 21.9. The number of likely N-dealkylation sites (tertiary alicyclic amines) is 1. The predicted octanol–water partition coefficient (Wildman–Crippen LogP) is 4.86. The number of anilines is 1. The molecule has 0 bridgehead atoms. The van der Waals surface area contributed by atoms with Gasteiger partial charge in [0.15, 0.2) is 0 Å². The molecule has 0 spiro atoms. The maximum absolute atomic E-state index is 14.4. The van der Waals surface area contributed by atoms with Gasteiger partial charge in [-0.15, -0.1) is 0 Å². The Morgan fingerprint density at radius 3 is 2.56 bits per heavy atom. The molecule has 5 rings (SSSR count). The topological polar surface area (TPSA) is 89.5 Å². The Hall–Kier alpha value is -3.83. The standard InChI is InChI=1S/C28H29F2N5O3S/c1-17-22-11-18(13-25(27(22)33-16-32-17)38-21-7-9-35(2)10-8-21)19-12-24(28(37-3)31-15-19)34-39(4,36)26-6-5-20(29)14-23(26)30/h5-6,11-16,21H,4,7-10H2,1-3H3,(H,34,36). The van der Waals surface area contributed by atoms with E-state index in [1.54, 1.807) is 12.3 Å². The van der Waals surface area contributed by atoms with Crippen LogP contribution in [0.25, 0.3) is 22.0 Å². The predicted molar refractivity (Wildman–Crippen MR) is 149 cm³/mol. The van der Waals surface area contributed by atoms with Crippen molar-refractivity contribution in [2.75, 3.05) is 32.0 Å². The molecule has 2 aromatic carbocycles. The smallest absolute Gasteiger partial charge is 0.238 e. The van der Waals surface area contributed by atoms with Crippen LogP contribution in [-0.4, -0.2) is 63.3 Å². The van der Waals surface area contributed by atoms with Crippen molar-refractivity contribution in [1.29, 1.82) is 0 Å². The molecule has 0 aliphatic carbocycles. The number of nitrogens with one attached hydrogen (secondary N) is 1. The SMILES string of the molecule is C=S(=O)(Nc1cc(-c2cc(OC3CCN(C)CC3)c3ncnc(C)c3c2)cnc1OC)c1ccc(F)cc1F. The van der Waals surface area contributed by atoms with E-state index in [2.05, 4.69) is 37.5 Å². The van der Waals surface area contributed by atoms with E-state index in [9.17, 15) is 13.0 Å². The van der Waals surface area contributed by atoms with Crippen LogP contribution in [0.1, 0.15) is 18.5 Å². The molecule has 8 nitrogen and oxygen atoms in total. The minimum atomic E-state index is -3.43. The Balaban J connectivity index is 1.55. The fourth-order valence-corrected chi connectivity index (χ4v) is 5.89. The van der Waals surface area contributed by atoms with Crippen molar-refractivity contribution in [2.24, 2.45) is 0 Å². The van der Waals surface area contributed by atoms with Crippen LogP contribution in [0.2, 0.25) is 0 Å². The van der Waals surface area contributed by atoms with E-state index < -0.39 is 21.3 Å². The zero-order valence-corrected chi connectivity index (χ0v) is 22.7. The quantitative estimate of drug-likeness (QED) is 0.327. The first-order valence-corrected chi connectivity index (χ1v) is 14.1.